The third-order valence-corrected chi connectivity index (χ3v) is 4.06. The molecule has 0 bridgehead atoms. The smallest absolute Gasteiger partial charge is 0.325 e. The Morgan fingerprint density at radius 2 is 1.33 bits per heavy atom. The average molecular weight is 297 g/mol. The van der Waals surface area contributed by atoms with Crippen molar-refractivity contribution >= 4 is 0 Å². The highest BCUT2D eigenvalue weighted by molar-refractivity contribution is 5.09. The molecule has 4 atom stereocenters. The molecule has 1 aromatic rings. The van der Waals surface area contributed by atoms with E-state index in [1.165, 1.54) is 0 Å². The van der Waals surface area contributed by atoms with E-state index < -0.39 is 6.01 Å². The summed E-state index contributed by atoms with van der Waals surface area (Å²) in [6.07, 6.45) is 0.272. The fourth-order valence-corrected chi connectivity index (χ4v) is 1.92. The Morgan fingerprint density at radius 3 is 1.67 bits per heavy atom. The summed E-state index contributed by atoms with van der Waals surface area (Å²) in [7, 11) is 0. The minimum absolute atomic E-state index is 0.0105. The second-order valence-electron chi connectivity index (χ2n) is 5.92. The maximum Gasteiger partial charge on any atom is 0.325 e. The summed E-state index contributed by atoms with van der Waals surface area (Å²) < 4.78 is 21.7. The van der Waals surface area contributed by atoms with Crippen LogP contribution >= 0.6 is 0 Å². The average Bonchev–Trinajstić information content (AvgIpc) is 3.22. The minimum Gasteiger partial charge on any atom is -0.479 e. The van der Waals surface area contributed by atoms with Crippen LogP contribution in [-0.2, 0) is 9.47 Å². The second kappa shape index (κ2) is 4.67. The monoisotopic (exact) mass is 297 g/mol. The van der Waals surface area contributed by atoms with Gasteiger partial charge in [-0.3, -0.25) is 0 Å². The molecule has 2 aliphatic rings. The third kappa shape index (κ3) is 3.01. The molecule has 21 heavy (non-hydrogen) atoms. The molecule has 2 aliphatic heterocycles. The number of hydrogen-bond donors (Lipinski definition) is 1. The van der Waals surface area contributed by atoms with Crippen molar-refractivity contribution in [2.45, 2.75) is 51.1 Å². The molecule has 1 N–H and O–H groups in total. The van der Waals surface area contributed by atoms with Gasteiger partial charge in [0.15, 0.2) is 0 Å². The number of epoxide rings is 2. The van der Waals surface area contributed by atoms with E-state index in [4.69, 9.17) is 18.9 Å². The summed E-state index contributed by atoms with van der Waals surface area (Å²) >= 11 is 0. The lowest BCUT2D eigenvalue weighted by molar-refractivity contribution is 0.171. The highest BCUT2D eigenvalue weighted by Crippen LogP contribution is 2.36. The summed E-state index contributed by atoms with van der Waals surface area (Å²) in [5.74, 6) is 0. The van der Waals surface area contributed by atoms with Crippen LogP contribution in [0.25, 0.3) is 0 Å². The van der Waals surface area contributed by atoms with Gasteiger partial charge in [-0.15, -0.1) is 15.0 Å². The molecule has 3 rings (SSSR count). The SMILES string of the molecule is CC1OC1(C)COc1nc(O)nc(OCC2(C)OC2C)n1. The maximum absolute atomic E-state index is 9.50. The van der Waals surface area contributed by atoms with E-state index >= 15 is 0 Å². The quantitative estimate of drug-likeness (QED) is 0.765. The van der Waals surface area contributed by atoms with E-state index in [0.29, 0.717) is 13.2 Å². The van der Waals surface area contributed by atoms with Gasteiger partial charge in [-0.1, -0.05) is 0 Å². The molecule has 4 unspecified atom stereocenters. The Hall–Kier alpha value is -1.67. The summed E-state index contributed by atoms with van der Waals surface area (Å²) in [5.41, 5.74) is -0.651. The first kappa shape index (κ1) is 14.3. The van der Waals surface area contributed by atoms with E-state index in [0.717, 1.165) is 0 Å². The van der Waals surface area contributed by atoms with Gasteiger partial charge in [-0.05, 0) is 27.7 Å². The van der Waals surface area contributed by atoms with Gasteiger partial charge in [0.2, 0.25) is 0 Å². The normalized spacial score (nSPS) is 37.1. The van der Waals surface area contributed by atoms with Crippen LogP contribution < -0.4 is 9.47 Å². The molecule has 0 aliphatic carbocycles. The van der Waals surface area contributed by atoms with Gasteiger partial charge in [-0.25, -0.2) is 0 Å². The van der Waals surface area contributed by atoms with Crippen LogP contribution in [0.3, 0.4) is 0 Å². The van der Waals surface area contributed by atoms with Gasteiger partial charge in [-0.2, -0.15) is 0 Å². The molecule has 8 heteroatoms. The molecule has 0 aromatic carbocycles. The van der Waals surface area contributed by atoms with E-state index in [1.807, 2.05) is 27.7 Å². The number of nitrogens with zero attached hydrogens (tertiary/aromatic N) is 3. The first-order valence-corrected chi connectivity index (χ1v) is 6.87. The van der Waals surface area contributed by atoms with Crippen molar-refractivity contribution in [3.05, 3.63) is 0 Å². The van der Waals surface area contributed by atoms with Crippen LogP contribution in [0.4, 0.5) is 0 Å². The van der Waals surface area contributed by atoms with Crippen molar-refractivity contribution < 1.29 is 24.1 Å². The zero-order valence-electron chi connectivity index (χ0n) is 12.5. The molecule has 8 nitrogen and oxygen atoms in total. The summed E-state index contributed by atoms with van der Waals surface area (Å²) in [5, 5.41) is 9.50. The van der Waals surface area contributed by atoms with Crippen LogP contribution in [0.5, 0.6) is 18.0 Å². The van der Waals surface area contributed by atoms with Gasteiger partial charge in [0.1, 0.15) is 24.4 Å². The van der Waals surface area contributed by atoms with Crippen LogP contribution in [-0.4, -0.2) is 56.7 Å². The van der Waals surface area contributed by atoms with E-state index in [2.05, 4.69) is 15.0 Å². The van der Waals surface area contributed by atoms with E-state index in [9.17, 15) is 5.11 Å². The number of aromatic hydroxyl groups is 1. The Morgan fingerprint density at radius 1 is 0.952 bits per heavy atom. The number of hydrogen-bond acceptors (Lipinski definition) is 8. The molecule has 0 saturated carbocycles. The number of ether oxygens (including phenoxy) is 4. The van der Waals surface area contributed by atoms with Gasteiger partial charge in [0, 0.05) is 0 Å². The minimum atomic E-state index is -0.445. The molecule has 3 heterocycles. The fourth-order valence-electron chi connectivity index (χ4n) is 1.92. The standard InChI is InChI=1S/C13H19N3O5/c1-7-12(3,20-7)5-18-10-14-9(17)15-11(16-10)19-6-13(4)8(2)21-13/h7-8H,5-6H2,1-4H3,(H,14,15,16,17). The van der Waals surface area contributed by atoms with Crippen LogP contribution in [0.15, 0.2) is 0 Å². The van der Waals surface area contributed by atoms with Crippen LogP contribution in [0.1, 0.15) is 27.7 Å². The molecule has 2 saturated heterocycles. The van der Waals surface area contributed by atoms with Crippen molar-refractivity contribution in [1.82, 2.24) is 15.0 Å². The van der Waals surface area contributed by atoms with Gasteiger partial charge >= 0.3 is 18.0 Å². The Labute approximate surface area is 122 Å². The fraction of sp³-hybridized carbons (Fsp3) is 0.769. The number of rotatable bonds is 6. The van der Waals surface area contributed by atoms with Crippen molar-refractivity contribution in [2.75, 3.05) is 13.2 Å². The predicted octanol–water partition coefficient (Wildman–Crippen LogP) is 0.690. The second-order valence-corrected chi connectivity index (χ2v) is 5.92. The van der Waals surface area contributed by atoms with Gasteiger partial charge < -0.3 is 24.1 Å². The zero-order valence-corrected chi connectivity index (χ0v) is 12.5. The summed E-state index contributed by atoms with van der Waals surface area (Å²) in [4.78, 5) is 11.4. The summed E-state index contributed by atoms with van der Waals surface area (Å²) in [6.45, 7) is 8.38. The van der Waals surface area contributed by atoms with Gasteiger partial charge in [0.25, 0.3) is 0 Å². The Bertz CT molecular complexity index is 512. The largest absolute Gasteiger partial charge is 0.479 e. The lowest BCUT2D eigenvalue weighted by Crippen LogP contribution is -2.22. The molecular formula is C13H19N3O5. The molecule has 1 aromatic heterocycles. The first-order valence-electron chi connectivity index (χ1n) is 6.87. The van der Waals surface area contributed by atoms with E-state index in [1.54, 1.807) is 0 Å². The molecule has 116 valence electrons. The third-order valence-electron chi connectivity index (χ3n) is 4.06. The first-order chi connectivity index (χ1) is 9.81. The maximum atomic E-state index is 9.50. The molecule has 0 amide bonds. The molecular weight excluding hydrogens is 278 g/mol. The number of aromatic nitrogens is 3. The topological polar surface area (TPSA) is 102 Å². The van der Waals surface area contributed by atoms with Crippen LogP contribution in [0.2, 0.25) is 0 Å². The lowest BCUT2D eigenvalue weighted by Gasteiger charge is -2.10. The van der Waals surface area contributed by atoms with Gasteiger partial charge in [0.05, 0.1) is 12.2 Å². The Balaban J connectivity index is 1.60. The lowest BCUT2D eigenvalue weighted by atomic mass is 10.1. The van der Waals surface area contributed by atoms with Crippen molar-refractivity contribution in [3.63, 3.8) is 0 Å². The van der Waals surface area contributed by atoms with E-state index in [-0.39, 0.29) is 35.4 Å². The van der Waals surface area contributed by atoms with Crippen molar-refractivity contribution in [2.24, 2.45) is 0 Å². The van der Waals surface area contributed by atoms with Crippen molar-refractivity contribution in [3.8, 4) is 18.0 Å². The van der Waals surface area contributed by atoms with Crippen LogP contribution in [0, 0.1) is 0 Å². The van der Waals surface area contributed by atoms with Crippen molar-refractivity contribution in [1.29, 1.82) is 0 Å². The highest BCUT2D eigenvalue weighted by Gasteiger charge is 2.50. The highest BCUT2D eigenvalue weighted by atomic mass is 16.6. The predicted molar refractivity (Wildman–Crippen MR) is 70.4 cm³/mol. The molecule has 0 spiro atoms. The zero-order chi connectivity index (χ0) is 15.3. The molecule has 2 fully saturated rings. The molecule has 0 radical (unpaired) electrons. The Kier molecular flexibility index (Phi) is 3.18. The summed E-state index contributed by atoms with van der Waals surface area (Å²) in [6, 6.07) is -0.424.